The van der Waals surface area contributed by atoms with Gasteiger partial charge in [-0.1, -0.05) is 31.4 Å². The van der Waals surface area contributed by atoms with Crippen molar-refractivity contribution in [3.05, 3.63) is 35.6 Å². The van der Waals surface area contributed by atoms with Gasteiger partial charge in [-0.15, -0.1) is 0 Å². The zero-order valence-corrected chi connectivity index (χ0v) is 16.0. The van der Waals surface area contributed by atoms with E-state index in [1.807, 2.05) is 0 Å². The van der Waals surface area contributed by atoms with E-state index >= 15 is 0 Å². The number of benzene rings is 1. The first-order valence-electron chi connectivity index (χ1n) is 10.5. The van der Waals surface area contributed by atoms with Gasteiger partial charge in [0.1, 0.15) is 5.82 Å². The number of piperidine rings is 1. The Morgan fingerprint density at radius 2 is 1.81 bits per heavy atom. The van der Waals surface area contributed by atoms with Crippen LogP contribution in [0.5, 0.6) is 0 Å². The first-order valence-corrected chi connectivity index (χ1v) is 10.5. The Balaban J connectivity index is 1.20. The molecule has 2 N–H and O–H groups in total. The maximum absolute atomic E-state index is 13.0. The van der Waals surface area contributed by atoms with E-state index in [-0.39, 0.29) is 29.6 Å². The lowest BCUT2D eigenvalue weighted by Crippen LogP contribution is -2.50. The van der Waals surface area contributed by atoms with Crippen molar-refractivity contribution in [2.24, 2.45) is 5.92 Å². The summed E-state index contributed by atoms with van der Waals surface area (Å²) in [6.45, 7) is 2.67. The molecule has 1 amide bonds. The van der Waals surface area contributed by atoms with Gasteiger partial charge in [0.25, 0.3) is 0 Å². The lowest BCUT2D eigenvalue weighted by Gasteiger charge is -2.40. The summed E-state index contributed by atoms with van der Waals surface area (Å²) in [5, 5.41) is 14.0. The van der Waals surface area contributed by atoms with E-state index in [1.54, 1.807) is 12.1 Å². The molecule has 1 aromatic carbocycles. The predicted molar refractivity (Wildman–Crippen MR) is 103 cm³/mol. The largest absolute Gasteiger partial charge is 0.389 e. The Labute approximate surface area is 161 Å². The number of nitrogens with one attached hydrogen (secondary N) is 1. The number of β-amino-alcohol motifs (C(OH)–C–C–N with tert-alkyl or cyclic N) is 1. The van der Waals surface area contributed by atoms with Crippen molar-refractivity contribution in [3.8, 4) is 0 Å². The van der Waals surface area contributed by atoms with Crippen LogP contribution in [0.4, 0.5) is 4.39 Å². The lowest BCUT2D eigenvalue weighted by atomic mass is 9.84. The fraction of sp³-hybridized carbons (Fsp3) is 0.682. The molecule has 2 atom stereocenters. The van der Waals surface area contributed by atoms with Gasteiger partial charge in [-0.05, 0) is 55.7 Å². The van der Waals surface area contributed by atoms with Crippen molar-refractivity contribution in [3.63, 3.8) is 0 Å². The first kappa shape index (κ1) is 18.9. The van der Waals surface area contributed by atoms with Gasteiger partial charge in [-0.25, -0.2) is 4.39 Å². The van der Waals surface area contributed by atoms with E-state index in [1.165, 1.54) is 18.6 Å². The molecule has 3 aliphatic rings. The summed E-state index contributed by atoms with van der Waals surface area (Å²) in [6.07, 6.45) is 8.15. The highest BCUT2D eigenvalue weighted by Gasteiger charge is 2.44. The quantitative estimate of drug-likeness (QED) is 0.832. The summed E-state index contributed by atoms with van der Waals surface area (Å²) < 4.78 is 13.0. The second kappa shape index (κ2) is 7.88. The van der Waals surface area contributed by atoms with Gasteiger partial charge in [0.2, 0.25) is 5.91 Å². The van der Waals surface area contributed by atoms with Crippen LogP contribution in [0.1, 0.15) is 62.8 Å². The molecule has 148 valence electrons. The standard InChI is InChI=1S/C22H31FN2O2/c23-17-6-4-16(5-7-17)19-14-20(19)21(26)24-18-8-12-25(13-9-18)15-22(27)10-2-1-3-11-22/h4-7,18-20,27H,1-3,8-15H2,(H,24,26)/t19-,20-/m1/s1. The summed E-state index contributed by atoms with van der Waals surface area (Å²) in [5.41, 5.74) is 0.567. The molecule has 1 aromatic rings. The van der Waals surface area contributed by atoms with Crippen LogP contribution in [-0.2, 0) is 4.79 Å². The molecule has 4 rings (SSSR count). The second-order valence-corrected chi connectivity index (χ2v) is 8.84. The van der Waals surface area contributed by atoms with Crippen LogP contribution in [0, 0.1) is 11.7 Å². The Bertz CT molecular complexity index is 649. The monoisotopic (exact) mass is 374 g/mol. The molecule has 5 heteroatoms. The van der Waals surface area contributed by atoms with Crippen LogP contribution < -0.4 is 5.32 Å². The van der Waals surface area contributed by atoms with E-state index < -0.39 is 5.60 Å². The van der Waals surface area contributed by atoms with Crippen LogP contribution in [0.25, 0.3) is 0 Å². The predicted octanol–water partition coefficient (Wildman–Crippen LogP) is 3.21. The van der Waals surface area contributed by atoms with Gasteiger partial charge in [0.05, 0.1) is 5.60 Å². The van der Waals surface area contributed by atoms with Gasteiger partial charge in [-0.3, -0.25) is 4.79 Å². The van der Waals surface area contributed by atoms with E-state index in [0.717, 1.165) is 70.1 Å². The molecule has 0 bridgehead atoms. The van der Waals surface area contributed by atoms with E-state index in [4.69, 9.17) is 0 Å². The highest BCUT2D eigenvalue weighted by atomic mass is 19.1. The molecular weight excluding hydrogens is 343 g/mol. The van der Waals surface area contributed by atoms with Crippen molar-refractivity contribution in [1.29, 1.82) is 0 Å². The lowest BCUT2D eigenvalue weighted by molar-refractivity contribution is -0.123. The molecule has 3 fully saturated rings. The number of hydrogen-bond acceptors (Lipinski definition) is 3. The van der Waals surface area contributed by atoms with Crippen LogP contribution in [0.3, 0.4) is 0 Å². The number of carbonyl (C=O) groups is 1. The molecule has 0 unspecified atom stereocenters. The molecular formula is C22H31FN2O2. The van der Waals surface area contributed by atoms with E-state index in [2.05, 4.69) is 10.2 Å². The number of halogens is 1. The summed E-state index contributed by atoms with van der Waals surface area (Å²) in [5.74, 6) is 0.196. The summed E-state index contributed by atoms with van der Waals surface area (Å²) in [4.78, 5) is 14.9. The van der Waals surface area contributed by atoms with Gasteiger partial charge in [0.15, 0.2) is 0 Å². The number of amides is 1. The third-order valence-corrected chi connectivity index (χ3v) is 6.66. The number of likely N-dealkylation sites (tertiary alicyclic amines) is 1. The summed E-state index contributed by atoms with van der Waals surface area (Å²) in [6, 6.07) is 6.77. The van der Waals surface area contributed by atoms with Crippen molar-refractivity contribution in [2.45, 2.75) is 68.9 Å². The minimum Gasteiger partial charge on any atom is -0.389 e. The topological polar surface area (TPSA) is 52.6 Å². The number of nitrogens with zero attached hydrogens (tertiary/aromatic N) is 1. The Morgan fingerprint density at radius 1 is 1.15 bits per heavy atom. The van der Waals surface area contributed by atoms with Crippen molar-refractivity contribution in [1.82, 2.24) is 10.2 Å². The minimum absolute atomic E-state index is 0.0384. The van der Waals surface area contributed by atoms with Gasteiger partial charge in [0, 0.05) is 31.6 Å². The van der Waals surface area contributed by atoms with Crippen LogP contribution in [-0.4, -0.2) is 47.2 Å². The van der Waals surface area contributed by atoms with Crippen LogP contribution >= 0.6 is 0 Å². The van der Waals surface area contributed by atoms with E-state index in [0.29, 0.717) is 0 Å². The Hall–Kier alpha value is -1.46. The molecule has 0 aromatic heterocycles. The normalized spacial score (nSPS) is 28.7. The van der Waals surface area contributed by atoms with Crippen LogP contribution in [0.2, 0.25) is 0 Å². The highest BCUT2D eigenvalue weighted by Crippen LogP contribution is 2.47. The molecule has 0 radical (unpaired) electrons. The van der Waals surface area contributed by atoms with Gasteiger partial charge < -0.3 is 15.3 Å². The van der Waals surface area contributed by atoms with Crippen molar-refractivity contribution >= 4 is 5.91 Å². The molecule has 2 aliphatic carbocycles. The molecule has 1 aliphatic heterocycles. The third kappa shape index (κ3) is 4.69. The fourth-order valence-electron chi connectivity index (χ4n) is 4.89. The zero-order chi connectivity index (χ0) is 18.9. The molecule has 1 heterocycles. The molecule has 2 saturated carbocycles. The number of rotatable bonds is 5. The molecule has 1 saturated heterocycles. The molecule has 27 heavy (non-hydrogen) atoms. The number of aliphatic hydroxyl groups is 1. The van der Waals surface area contributed by atoms with Gasteiger partial charge >= 0.3 is 0 Å². The molecule has 0 spiro atoms. The SMILES string of the molecule is O=C(NC1CCN(CC2(O)CCCCC2)CC1)[C@@H]1C[C@@H]1c1ccc(F)cc1. The average Bonchev–Trinajstić information content (AvgIpc) is 3.45. The Morgan fingerprint density at radius 3 is 2.48 bits per heavy atom. The number of carbonyl (C=O) groups excluding carboxylic acids is 1. The average molecular weight is 375 g/mol. The zero-order valence-electron chi connectivity index (χ0n) is 16.0. The van der Waals surface area contributed by atoms with E-state index in [9.17, 15) is 14.3 Å². The molecule has 4 nitrogen and oxygen atoms in total. The smallest absolute Gasteiger partial charge is 0.223 e. The summed E-state index contributed by atoms with van der Waals surface area (Å²) in [7, 11) is 0. The van der Waals surface area contributed by atoms with Gasteiger partial charge in [-0.2, -0.15) is 0 Å². The maximum Gasteiger partial charge on any atom is 0.223 e. The number of hydrogen-bond donors (Lipinski definition) is 2. The Kier molecular flexibility index (Phi) is 5.51. The van der Waals surface area contributed by atoms with Crippen LogP contribution in [0.15, 0.2) is 24.3 Å². The summed E-state index contributed by atoms with van der Waals surface area (Å²) >= 11 is 0. The van der Waals surface area contributed by atoms with Crippen molar-refractivity contribution in [2.75, 3.05) is 19.6 Å². The fourth-order valence-corrected chi connectivity index (χ4v) is 4.89. The highest BCUT2D eigenvalue weighted by molar-refractivity contribution is 5.83. The third-order valence-electron chi connectivity index (χ3n) is 6.66. The maximum atomic E-state index is 13.0. The first-order chi connectivity index (χ1) is 13.0. The van der Waals surface area contributed by atoms with Crippen molar-refractivity contribution < 1.29 is 14.3 Å². The second-order valence-electron chi connectivity index (χ2n) is 8.84. The minimum atomic E-state index is -0.495.